The molecule has 0 bridgehead atoms. The second-order valence-electron chi connectivity index (χ2n) is 5.96. The summed E-state index contributed by atoms with van der Waals surface area (Å²) in [7, 11) is 4.51. The molecule has 2 aliphatic heterocycles. The van der Waals surface area contributed by atoms with Crippen LogP contribution in [0.4, 0.5) is 0 Å². The van der Waals surface area contributed by atoms with Crippen molar-refractivity contribution in [1.82, 2.24) is 15.1 Å². The van der Waals surface area contributed by atoms with Crippen molar-refractivity contribution in [3.05, 3.63) is 0 Å². The van der Waals surface area contributed by atoms with Crippen molar-refractivity contribution in [2.75, 3.05) is 53.5 Å². The Morgan fingerprint density at radius 2 is 2.17 bits per heavy atom. The zero-order chi connectivity index (χ0) is 13.0. The van der Waals surface area contributed by atoms with Gasteiger partial charge in [-0.05, 0) is 40.0 Å². The molecule has 2 rings (SSSR count). The van der Waals surface area contributed by atoms with Crippen LogP contribution in [0.5, 0.6) is 0 Å². The van der Waals surface area contributed by atoms with Crippen LogP contribution in [0.2, 0.25) is 0 Å². The lowest BCUT2D eigenvalue weighted by molar-refractivity contribution is 0.163. The molecule has 0 aliphatic carbocycles. The van der Waals surface area contributed by atoms with Crippen LogP contribution < -0.4 is 5.32 Å². The van der Waals surface area contributed by atoms with Gasteiger partial charge in [0, 0.05) is 31.1 Å². The molecule has 0 radical (unpaired) electrons. The van der Waals surface area contributed by atoms with Crippen molar-refractivity contribution in [3.63, 3.8) is 0 Å². The van der Waals surface area contributed by atoms with Crippen molar-refractivity contribution in [1.29, 1.82) is 0 Å². The van der Waals surface area contributed by atoms with Crippen LogP contribution in [-0.2, 0) is 4.74 Å². The molecular weight excluding hydrogens is 226 g/mol. The second-order valence-corrected chi connectivity index (χ2v) is 5.96. The quantitative estimate of drug-likeness (QED) is 0.754. The van der Waals surface area contributed by atoms with E-state index in [1.807, 2.05) is 0 Å². The summed E-state index contributed by atoms with van der Waals surface area (Å²) >= 11 is 0. The standard InChI is InChI=1S/C14H29N3O/c1-4-15-14-11-18-10-12(14)8-16(2)9-13-6-5-7-17(13)3/h12-15H,4-11H2,1-3H3. The van der Waals surface area contributed by atoms with Crippen molar-refractivity contribution in [2.24, 2.45) is 5.92 Å². The third kappa shape index (κ3) is 3.67. The summed E-state index contributed by atoms with van der Waals surface area (Å²) < 4.78 is 5.61. The molecule has 0 spiro atoms. The number of likely N-dealkylation sites (tertiary alicyclic amines) is 1. The summed E-state index contributed by atoms with van der Waals surface area (Å²) in [4.78, 5) is 5.00. The van der Waals surface area contributed by atoms with E-state index in [0.29, 0.717) is 12.0 Å². The van der Waals surface area contributed by atoms with Gasteiger partial charge in [-0.3, -0.25) is 0 Å². The van der Waals surface area contributed by atoms with Gasteiger partial charge in [-0.15, -0.1) is 0 Å². The van der Waals surface area contributed by atoms with E-state index in [0.717, 1.165) is 32.3 Å². The highest BCUT2D eigenvalue weighted by Gasteiger charge is 2.29. The van der Waals surface area contributed by atoms with E-state index in [1.54, 1.807) is 0 Å². The number of rotatable bonds is 6. The molecule has 106 valence electrons. The fourth-order valence-corrected chi connectivity index (χ4v) is 3.31. The molecule has 0 aromatic rings. The molecule has 3 atom stereocenters. The van der Waals surface area contributed by atoms with Crippen LogP contribution in [0.15, 0.2) is 0 Å². The Labute approximate surface area is 112 Å². The summed E-state index contributed by atoms with van der Waals surface area (Å²) in [5, 5.41) is 3.54. The van der Waals surface area contributed by atoms with Gasteiger partial charge in [-0.1, -0.05) is 6.92 Å². The fourth-order valence-electron chi connectivity index (χ4n) is 3.31. The van der Waals surface area contributed by atoms with E-state index in [-0.39, 0.29) is 0 Å². The molecule has 0 saturated carbocycles. The molecule has 2 fully saturated rings. The summed E-state index contributed by atoms with van der Waals surface area (Å²) in [6.45, 7) is 8.64. The Bertz CT molecular complexity index is 249. The Balaban J connectivity index is 1.74. The maximum Gasteiger partial charge on any atom is 0.0623 e. The maximum atomic E-state index is 5.61. The number of hydrogen-bond acceptors (Lipinski definition) is 4. The van der Waals surface area contributed by atoms with Gasteiger partial charge in [-0.25, -0.2) is 0 Å². The third-order valence-electron chi connectivity index (χ3n) is 4.40. The molecule has 3 unspecified atom stereocenters. The van der Waals surface area contributed by atoms with Crippen LogP contribution >= 0.6 is 0 Å². The van der Waals surface area contributed by atoms with Crippen molar-refractivity contribution >= 4 is 0 Å². The largest absolute Gasteiger partial charge is 0.379 e. The monoisotopic (exact) mass is 255 g/mol. The van der Waals surface area contributed by atoms with E-state index in [2.05, 4.69) is 36.1 Å². The van der Waals surface area contributed by atoms with Crippen LogP contribution in [0.3, 0.4) is 0 Å². The summed E-state index contributed by atoms with van der Waals surface area (Å²) in [5.74, 6) is 0.654. The van der Waals surface area contributed by atoms with Gasteiger partial charge in [0.25, 0.3) is 0 Å². The summed E-state index contributed by atoms with van der Waals surface area (Å²) in [6, 6.07) is 1.31. The van der Waals surface area contributed by atoms with Gasteiger partial charge in [0.2, 0.25) is 0 Å². The molecule has 2 aliphatic rings. The van der Waals surface area contributed by atoms with Gasteiger partial charge < -0.3 is 19.9 Å². The number of ether oxygens (including phenoxy) is 1. The molecule has 1 N–H and O–H groups in total. The van der Waals surface area contributed by atoms with Gasteiger partial charge in [0.1, 0.15) is 0 Å². The minimum Gasteiger partial charge on any atom is -0.379 e. The Morgan fingerprint density at radius 3 is 2.83 bits per heavy atom. The fraction of sp³-hybridized carbons (Fsp3) is 1.00. The summed E-state index contributed by atoms with van der Waals surface area (Å²) in [5.41, 5.74) is 0. The van der Waals surface area contributed by atoms with Crippen molar-refractivity contribution in [3.8, 4) is 0 Å². The van der Waals surface area contributed by atoms with E-state index in [1.165, 1.54) is 25.9 Å². The molecule has 0 amide bonds. The van der Waals surface area contributed by atoms with Crippen molar-refractivity contribution in [2.45, 2.75) is 31.8 Å². The van der Waals surface area contributed by atoms with E-state index in [9.17, 15) is 0 Å². The molecule has 2 heterocycles. The highest BCUT2D eigenvalue weighted by Crippen LogP contribution is 2.18. The lowest BCUT2D eigenvalue weighted by Gasteiger charge is -2.29. The predicted molar refractivity (Wildman–Crippen MR) is 74.9 cm³/mol. The SMILES string of the molecule is CCNC1COCC1CN(C)CC1CCCN1C. The van der Waals surface area contributed by atoms with Crippen LogP contribution in [0.25, 0.3) is 0 Å². The number of nitrogens with zero attached hydrogens (tertiary/aromatic N) is 2. The first kappa shape index (κ1) is 14.3. The minimum atomic E-state index is 0.554. The topological polar surface area (TPSA) is 27.7 Å². The van der Waals surface area contributed by atoms with Crippen LogP contribution in [-0.4, -0.2) is 75.4 Å². The lowest BCUT2D eigenvalue weighted by atomic mass is 10.0. The molecule has 4 nitrogen and oxygen atoms in total. The van der Waals surface area contributed by atoms with Crippen molar-refractivity contribution < 1.29 is 4.74 Å². The number of likely N-dealkylation sites (N-methyl/N-ethyl adjacent to an activating group) is 3. The Morgan fingerprint density at radius 1 is 1.33 bits per heavy atom. The highest BCUT2D eigenvalue weighted by molar-refractivity contribution is 4.85. The molecule has 0 aromatic carbocycles. The van der Waals surface area contributed by atoms with Gasteiger partial charge >= 0.3 is 0 Å². The molecule has 18 heavy (non-hydrogen) atoms. The smallest absolute Gasteiger partial charge is 0.0623 e. The van der Waals surface area contributed by atoms with Crippen LogP contribution in [0, 0.1) is 5.92 Å². The Hall–Kier alpha value is -0.160. The van der Waals surface area contributed by atoms with Gasteiger partial charge in [-0.2, -0.15) is 0 Å². The zero-order valence-electron chi connectivity index (χ0n) is 12.2. The Kier molecular flexibility index (Phi) is 5.42. The average molecular weight is 255 g/mol. The summed E-state index contributed by atoms with van der Waals surface area (Å²) in [6.07, 6.45) is 2.72. The second kappa shape index (κ2) is 6.85. The molecule has 4 heteroatoms. The number of nitrogens with one attached hydrogen (secondary N) is 1. The first-order valence-electron chi connectivity index (χ1n) is 7.40. The minimum absolute atomic E-state index is 0.554. The van der Waals surface area contributed by atoms with E-state index in [4.69, 9.17) is 4.74 Å². The maximum absolute atomic E-state index is 5.61. The first-order chi connectivity index (χ1) is 8.70. The molecule has 2 saturated heterocycles. The highest BCUT2D eigenvalue weighted by atomic mass is 16.5. The van der Waals surface area contributed by atoms with Crippen LogP contribution in [0.1, 0.15) is 19.8 Å². The zero-order valence-corrected chi connectivity index (χ0v) is 12.2. The molecular formula is C14H29N3O. The van der Waals surface area contributed by atoms with Gasteiger partial charge in [0.05, 0.1) is 13.2 Å². The average Bonchev–Trinajstić information content (AvgIpc) is 2.91. The normalized spacial score (nSPS) is 33.7. The number of hydrogen-bond donors (Lipinski definition) is 1. The third-order valence-corrected chi connectivity index (χ3v) is 4.40. The van der Waals surface area contributed by atoms with Gasteiger partial charge in [0.15, 0.2) is 0 Å². The predicted octanol–water partition coefficient (Wildman–Crippen LogP) is 0.637. The first-order valence-corrected chi connectivity index (χ1v) is 7.40. The van der Waals surface area contributed by atoms with E-state index < -0.39 is 0 Å². The lowest BCUT2D eigenvalue weighted by Crippen LogP contribution is -2.43. The molecule has 0 aromatic heterocycles. The van der Waals surface area contributed by atoms with E-state index >= 15 is 0 Å².